The Morgan fingerprint density at radius 1 is 1.35 bits per heavy atom. The van der Waals surface area contributed by atoms with Crippen molar-refractivity contribution >= 4 is 18.3 Å². The first-order valence-electron chi connectivity index (χ1n) is 6.23. The van der Waals surface area contributed by atoms with Crippen LogP contribution in [0.3, 0.4) is 0 Å². The number of hydrogen-bond acceptors (Lipinski definition) is 3. The second-order valence-corrected chi connectivity index (χ2v) is 4.30. The van der Waals surface area contributed by atoms with Crippen molar-refractivity contribution in [1.29, 1.82) is 0 Å². The molecule has 6 heteroatoms. The number of nitrogens with one attached hydrogen (secondary N) is 1. The SMILES string of the molecule is CNCCN(C)C(=O)c1ccccc1-n1cccn1.Cl. The van der Waals surface area contributed by atoms with Gasteiger partial charge in [-0.25, -0.2) is 4.68 Å². The van der Waals surface area contributed by atoms with Crippen LogP contribution in [-0.4, -0.2) is 47.8 Å². The summed E-state index contributed by atoms with van der Waals surface area (Å²) in [5, 5.41) is 7.22. The maximum atomic E-state index is 12.4. The van der Waals surface area contributed by atoms with Gasteiger partial charge >= 0.3 is 0 Å². The lowest BCUT2D eigenvalue weighted by Gasteiger charge is -2.18. The van der Waals surface area contributed by atoms with Crippen LogP contribution in [0.4, 0.5) is 0 Å². The second kappa shape index (κ2) is 7.67. The molecule has 0 saturated heterocycles. The molecule has 0 unspecified atom stereocenters. The highest BCUT2D eigenvalue weighted by atomic mass is 35.5. The van der Waals surface area contributed by atoms with Crippen LogP contribution in [0.25, 0.3) is 5.69 Å². The average molecular weight is 295 g/mol. The molecular formula is C14H19ClN4O. The molecule has 0 aliphatic carbocycles. The smallest absolute Gasteiger partial charge is 0.255 e. The van der Waals surface area contributed by atoms with Crippen molar-refractivity contribution in [2.24, 2.45) is 0 Å². The standard InChI is InChI=1S/C14H18N4O.ClH/c1-15-9-11-17(2)14(19)12-6-3-4-7-13(12)18-10-5-8-16-18;/h3-8,10,15H,9,11H2,1-2H3;1H. The maximum absolute atomic E-state index is 12.4. The highest BCUT2D eigenvalue weighted by molar-refractivity contribution is 5.97. The van der Waals surface area contributed by atoms with Crippen LogP contribution in [0.2, 0.25) is 0 Å². The summed E-state index contributed by atoms with van der Waals surface area (Å²) in [4.78, 5) is 14.1. The van der Waals surface area contributed by atoms with Crippen LogP contribution >= 0.6 is 12.4 Å². The first-order chi connectivity index (χ1) is 9.24. The van der Waals surface area contributed by atoms with Crippen LogP contribution < -0.4 is 5.32 Å². The lowest BCUT2D eigenvalue weighted by Crippen LogP contribution is -2.33. The highest BCUT2D eigenvalue weighted by Gasteiger charge is 2.16. The van der Waals surface area contributed by atoms with E-state index < -0.39 is 0 Å². The van der Waals surface area contributed by atoms with E-state index in [1.807, 2.05) is 43.6 Å². The van der Waals surface area contributed by atoms with Gasteiger partial charge in [0.2, 0.25) is 0 Å². The number of likely N-dealkylation sites (N-methyl/N-ethyl adjacent to an activating group) is 2. The lowest BCUT2D eigenvalue weighted by molar-refractivity contribution is 0.0796. The van der Waals surface area contributed by atoms with Gasteiger partial charge in [-0.3, -0.25) is 4.79 Å². The van der Waals surface area contributed by atoms with Crippen molar-refractivity contribution in [3.63, 3.8) is 0 Å². The summed E-state index contributed by atoms with van der Waals surface area (Å²) in [6.07, 6.45) is 3.53. The number of aromatic nitrogens is 2. The Morgan fingerprint density at radius 3 is 2.75 bits per heavy atom. The Hall–Kier alpha value is -1.85. The van der Waals surface area contributed by atoms with E-state index in [4.69, 9.17) is 0 Å². The summed E-state index contributed by atoms with van der Waals surface area (Å²) in [5.74, 6) is 0.00125. The van der Waals surface area contributed by atoms with E-state index >= 15 is 0 Å². The van der Waals surface area contributed by atoms with E-state index in [9.17, 15) is 4.79 Å². The lowest BCUT2D eigenvalue weighted by atomic mass is 10.1. The molecule has 0 aliphatic heterocycles. The van der Waals surface area contributed by atoms with E-state index in [0.29, 0.717) is 12.1 Å². The molecule has 2 rings (SSSR count). The minimum absolute atomic E-state index is 0. The molecular weight excluding hydrogens is 276 g/mol. The summed E-state index contributed by atoms with van der Waals surface area (Å²) in [6, 6.07) is 9.33. The topological polar surface area (TPSA) is 50.2 Å². The van der Waals surface area contributed by atoms with Crippen molar-refractivity contribution in [1.82, 2.24) is 20.0 Å². The number of carbonyl (C=O) groups is 1. The van der Waals surface area contributed by atoms with Gasteiger partial charge in [0.25, 0.3) is 5.91 Å². The number of nitrogens with zero attached hydrogens (tertiary/aromatic N) is 3. The number of benzene rings is 1. The quantitative estimate of drug-likeness (QED) is 0.911. The summed E-state index contributed by atoms with van der Waals surface area (Å²) < 4.78 is 1.71. The Labute approximate surface area is 125 Å². The van der Waals surface area contributed by atoms with Crippen molar-refractivity contribution in [3.8, 4) is 5.69 Å². The maximum Gasteiger partial charge on any atom is 0.255 e. The molecule has 0 spiro atoms. The molecule has 1 aromatic heterocycles. The van der Waals surface area contributed by atoms with Gasteiger partial charge in [-0.05, 0) is 25.2 Å². The Bertz CT molecular complexity index is 542. The summed E-state index contributed by atoms with van der Waals surface area (Å²) in [7, 11) is 3.68. The van der Waals surface area contributed by atoms with Gasteiger partial charge in [0.05, 0.1) is 11.3 Å². The average Bonchev–Trinajstić information content (AvgIpc) is 2.98. The summed E-state index contributed by atoms with van der Waals surface area (Å²) in [6.45, 7) is 1.44. The van der Waals surface area contributed by atoms with Gasteiger partial charge < -0.3 is 10.2 Å². The van der Waals surface area contributed by atoms with Gasteiger partial charge in [-0.1, -0.05) is 12.1 Å². The van der Waals surface area contributed by atoms with Gasteiger partial charge in [0.15, 0.2) is 0 Å². The molecule has 5 nitrogen and oxygen atoms in total. The number of hydrogen-bond donors (Lipinski definition) is 1. The van der Waals surface area contributed by atoms with Crippen LogP contribution in [0.1, 0.15) is 10.4 Å². The van der Waals surface area contributed by atoms with Gasteiger partial charge in [-0.2, -0.15) is 5.10 Å². The monoisotopic (exact) mass is 294 g/mol. The normalized spacial score (nSPS) is 9.90. The molecule has 1 amide bonds. The molecule has 1 N–H and O–H groups in total. The molecule has 0 atom stereocenters. The zero-order chi connectivity index (χ0) is 13.7. The van der Waals surface area contributed by atoms with Crippen molar-refractivity contribution < 1.29 is 4.79 Å². The number of amides is 1. The Balaban J connectivity index is 0.00000200. The zero-order valence-corrected chi connectivity index (χ0v) is 12.4. The minimum Gasteiger partial charge on any atom is -0.340 e. The molecule has 1 aromatic carbocycles. The number of carbonyl (C=O) groups excluding carboxylic acids is 1. The molecule has 0 bridgehead atoms. The van der Waals surface area contributed by atoms with E-state index in [2.05, 4.69) is 10.4 Å². The summed E-state index contributed by atoms with van der Waals surface area (Å²) in [5.41, 5.74) is 1.46. The van der Waals surface area contributed by atoms with Gasteiger partial charge in [0.1, 0.15) is 0 Å². The Kier molecular flexibility index (Phi) is 6.21. The van der Waals surface area contributed by atoms with Crippen molar-refractivity contribution in [2.45, 2.75) is 0 Å². The first kappa shape index (κ1) is 16.2. The fourth-order valence-electron chi connectivity index (χ4n) is 1.85. The second-order valence-electron chi connectivity index (χ2n) is 4.30. The molecule has 0 fully saturated rings. The molecule has 1 heterocycles. The fourth-order valence-corrected chi connectivity index (χ4v) is 1.85. The van der Waals surface area contributed by atoms with Crippen LogP contribution in [0.15, 0.2) is 42.7 Å². The summed E-state index contributed by atoms with van der Waals surface area (Å²) >= 11 is 0. The number of rotatable bonds is 5. The minimum atomic E-state index is 0. The van der Waals surface area contributed by atoms with Crippen LogP contribution in [0, 0.1) is 0 Å². The third-order valence-corrected chi connectivity index (χ3v) is 2.93. The third-order valence-electron chi connectivity index (χ3n) is 2.93. The van der Waals surface area contributed by atoms with Gasteiger partial charge in [0, 0.05) is 32.5 Å². The molecule has 20 heavy (non-hydrogen) atoms. The number of halogens is 1. The van der Waals surface area contributed by atoms with E-state index in [1.165, 1.54) is 0 Å². The predicted octanol–water partition coefficient (Wildman–Crippen LogP) is 1.59. The third kappa shape index (κ3) is 3.59. The molecule has 108 valence electrons. The Morgan fingerprint density at radius 2 is 2.10 bits per heavy atom. The van der Waals surface area contributed by atoms with Crippen molar-refractivity contribution in [2.75, 3.05) is 27.2 Å². The highest BCUT2D eigenvalue weighted by Crippen LogP contribution is 2.15. The largest absolute Gasteiger partial charge is 0.340 e. The van der Waals surface area contributed by atoms with E-state index in [1.54, 1.807) is 22.8 Å². The fraction of sp³-hybridized carbons (Fsp3) is 0.286. The van der Waals surface area contributed by atoms with Crippen LogP contribution in [-0.2, 0) is 0 Å². The zero-order valence-electron chi connectivity index (χ0n) is 11.6. The molecule has 2 aromatic rings. The van der Waals surface area contributed by atoms with Crippen LogP contribution in [0.5, 0.6) is 0 Å². The number of para-hydroxylation sites is 1. The molecule has 0 radical (unpaired) electrons. The van der Waals surface area contributed by atoms with E-state index in [0.717, 1.165) is 12.2 Å². The van der Waals surface area contributed by atoms with Crippen molar-refractivity contribution in [3.05, 3.63) is 48.3 Å². The van der Waals surface area contributed by atoms with Gasteiger partial charge in [-0.15, -0.1) is 12.4 Å². The molecule has 0 saturated carbocycles. The molecule has 0 aliphatic rings. The van der Waals surface area contributed by atoms with E-state index in [-0.39, 0.29) is 18.3 Å². The first-order valence-corrected chi connectivity index (χ1v) is 6.23. The predicted molar refractivity (Wildman–Crippen MR) is 81.7 cm³/mol.